The van der Waals surface area contributed by atoms with E-state index in [1.807, 2.05) is 43.3 Å². The highest BCUT2D eigenvalue weighted by atomic mass is 32.2. The molecule has 0 saturated carbocycles. The zero-order valence-corrected chi connectivity index (χ0v) is 27.3. The average molecular weight is 654 g/mol. The highest BCUT2D eigenvalue weighted by Crippen LogP contribution is 2.38. The Bertz CT molecular complexity index is 1760. The van der Waals surface area contributed by atoms with Crippen LogP contribution in [-0.4, -0.2) is 36.1 Å². The number of rotatable bonds is 11. The maximum Gasteiger partial charge on any atom is 0.341 e. The molecule has 10 heteroatoms. The number of anilines is 2. The lowest BCUT2D eigenvalue weighted by Crippen LogP contribution is -2.30. The van der Waals surface area contributed by atoms with E-state index in [-0.39, 0.29) is 24.0 Å². The van der Waals surface area contributed by atoms with Gasteiger partial charge in [-0.1, -0.05) is 54.1 Å². The van der Waals surface area contributed by atoms with Gasteiger partial charge >= 0.3 is 5.97 Å². The minimum Gasteiger partial charge on any atom is -0.462 e. The predicted octanol–water partition coefficient (Wildman–Crippen LogP) is 7.25. The van der Waals surface area contributed by atoms with Crippen molar-refractivity contribution in [1.82, 2.24) is 5.32 Å². The first kappa shape index (κ1) is 32.7. The summed E-state index contributed by atoms with van der Waals surface area (Å²) in [6, 6.07) is 23.5. The van der Waals surface area contributed by atoms with E-state index in [0.717, 1.165) is 52.1 Å². The summed E-state index contributed by atoms with van der Waals surface area (Å²) in [5.41, 5.74) is 4.35. The number of benzene rings is 3. The minimum atomic E-state index is -0.488. The van der Waals surface area contributed by atoms with Gasteiger partial charge in [0.1, 0.15) is 10.7 Å². The SMILES string of the molecule is CCOC(=O)c1c(NC(=O)CSc2cccc(NC(=O)/C(=C\c3ccc(C)cc3)NC(=O)c3ccccc3)c2)sc2c1CCCC2. The molecule has 236 valence electrons. The van der Waals surface area contributed by atoms with Crippen LogP contribution in [0.2, 0.25) is 0 Å². The molecular formula is C36H35N3O5S2. The quantitative estimate of drug-likeness (QED) is 0.0893. The van der Waals surface area contributed by atoms with E-state index in [1.165, 1.54) is 23.1 Å². The number of thiophene rings is 1. The molecule has 0 aliphatic heterocycles. The van der Waals surface area contributed by atoms with Crippen molar-refractivity contribution in [2.24, 2.45) is 0 Å². The molecule has 8 nitrogen and oxygen atoms in total. The Hall–Kier alpha value is -4.67. The highest BCUT2D eigenvalue weighted by molar-refractivity contribution is 8.00. The second-order valence-corrected chi connectivity index (χ2v) is 12.9. The van der Waals surface area contributed by atoms with Crippen LogP contribution in [0.5, 0.6) is 0 Å². The third kappa shape index (κ3) is 8.52. The van der Waals surface area contributed by atoms with Gasteiger partial charge in [0, 0.05) is 21.0 Å². The van der Waals surface area contributed by atoms with Crippen molar-refractivity contribution in [2.75, 3.05) is 23.0 Å². The van der Waals surface area contributed by atoms with Crippen LogP contribution in [0, 0.1) is 6.92 Å². The van der Waals surface area contributed by atoms with Crippen LogP contribution in [0.25, 0.3) is 6.08 Å². The summed E-state index contributed by atoms with van der Waals surface area (Å²) in [6.45, 7) is 4.01. The van der Waals surface area contributed by atoms with Crippen LogP contribution in [-0.2, 0) is 27.2 Å². The number of ether oxygens (including phenoxy) is 1. The van der Waals surface area contributed by atoms with Crippen molar-refractivity contribution in [3.05, 3.63) is 117 Å². The molecule has 1 aliphatic rings. The molecule has 0 spiro atoms. The molecule has 0 atom stereocenters. The second-order valence-electron chi connectivity index (χ2n) is 10.7. The minimum absolute atomic E-state index is 0.0891. The number of nitrogens with one attached hydrogen (secondary N) is 3. The zero-order chi connectivity index (χ0) is 32.5. The molecular weight excluding hydrogens is 619 g/mol. The summed E-state index contributed by atoms with van der Waals surface area (Å²) in [5, 5.41) is 9.11. The maximum absolute atomic E-state index is 13.4. The van der Waals surface area contributed by atoms with Gasteiger partial charge < -0.3 is 20.7 Å². The van der Waals surface area contributed by atoms with Gasteiger partial charge in [-0.3, -0.25) is 14.4 Å². The number of aryl methyl sites for hydroxylation is 2. The molecule has 1 aliphatic carbocycles. The van der Waals surface area contributed by atoms with Gasteiger partial charge in [0.05, 0.1) is 17.9 Å². The van der Waals surface area contributed by atoms with Crippen molar-refractivity contribution in [2.45, 2.75) is 44.4 Å². The molecule has 1 heterocycles. The van der Waals surface area contributed by atoms with Crippen molar-refractivity contribution >= 4 is 63.6 Å². The number of hydrogen-bond acceptors (Lipinski definition) is 7. The molecule has 1 aromatic heterocycles. The number of hydrogen-bond donors (Lipinski definition) is 3. The monoisotopic (exact) mass is 653 g/mol. The molecule has 0 fully saturated rings. The summed E-state index contributed by atoms with van der Waals surface area (Å²) in [6.07, 6.45) is 5.41. The summed E-state index contributed by atoms with van der Waals surface area (Å²) in [4.78, 5) is 54.0. The van der Waals surface area contributed by atoms with Crippen LogP contribution in [0.1, 0.15) is 62.0 Å². The Morgan fingerprint density at radius 2 is 1.67 bits per heavy atom. The standard InChI is InChI=1S/C36H35N3O5S2/c1-3-44-36(43)32-28-14-7-8-15-30(28)46-35(32)39-31(40)22-45-27-13-9-12-26(21-27)37-34(42)29(20-24-18-16-23(2)17-19-24)38-33(41)25-10-5-4-6-11-25/h4-6,9-13,16-21H,3,7-8,14-15,22H2,1-2H3,(H,37,42)(H,38,41)(H,39,40)/b29-20+. The molecule has 0 saturated heterocycles. The summed E-state index contributed by atoms with van der Waals surface area (Å²) >= 11 is 2.77. The fourth-order valence-electron chi connectivity index (χ4n) is 5.02. The number of thioether (sulfide) groups is 1. The van der Waals surface area contributed by atoms with Gasteiger partial charge in [0.25, 0.3) is 11.8 Å². The summed E-state index contributed by atoms with van der Waals surface area (Å²) in [7, 11) is 0. The van der Waals surface area contributed by atoms with Gasteiger partial charge in [-0.2, -0.15) is 0 Å². The maximum atomic E-state index is 13.4. The van der Waals surface area contributed by atoms with Gasteiger partial charge in [-0.05, 0) is 87.1 Å². The van der Waals surface area contributed by atoms with E-state index in [2.05, 4.69) is 16.0 Å². The van der Waals surface area contributed by atoms with E-state index in [1.54, 1.807) is 55.5 Å². The number of esters is 1. The second kappa shape index (κ2) is 15.6. The lowest BCUT2D eigenvalue weighted by Gasteiger charge is -2.13. The third-order valence-electron chi connectivity index (χ3n) is 7.28. The Morgan fingerprint density at radius 1 is 0.913 bits per heavy atom. The molecule has 4 aromatic rings. The van der Waals surface area contributed by atoms with Crippen molar-refractivity contribution in [1.29, 1.82) is 0 Å². The highest BCUT2D eigenvalue weighted by Gasteiger charge is 2.27. The molecule has 0 bridgehead atoms. The molecule has 3 N–H and O–H groups in total. The molecule has 3 aromatic carbocycles. The Morgan fingerprint density at radius 3 is 2.43 bits per heavy atom. The molecule has 46 heavy (non-hydrogen) atoms. The van der Waals surface area contributed by atoms with Crippen LogP contribution >= 0.6 is 23.1 Å². The third-order valence-corrected chi connectivity index (χ3v) is 9.48. The first-order chi connectivity index (χ1) is 22.3. The Kier molecular flexibility index (Phi) is 11.1. The lowest BCUT2D eigenvalue weighted by atomic mass is 9.95. The van der Waals surface area contributed by atoms with Crippen molar-refractivity contribution < 1.29 is 23.9 Å². The normalized spacial score (nSPS) is 12.5. The molecule has 3 amide bonds. The smallest absolute Gasteiger partial charge is 0.341 e. The van der Waals surface area contributed by atoms with Gasteiger partial charge in [0.2, 0.25) is 5.91 Å². The fraction of sp³-hybridized carbons (Fsp3) is 0.222. The van der Waals surface area contributed by atoms with Crippen LogP contribution in [0.15, 0.2) is 89.5 Å². The molecule has 0 radical (unpaired) electrons. The number of amides is 3. The van der Waals surface area contributed by atoms with E-state index < -0.39 is 17.8 Å². The number of fused-ring (bicyclic) bond motifs is 1. The average Bonchev–Trinajstić information content (AvgIpc) is 3.43. The number of carbonyl (C=O) groups is 4. The van der Waals surface area contributed by atoms with Crippen LogP contribution in [0.3, 0.4) is 0 Å². The summed E-state index contributed by atoms with van der Waals surface area (Å²) < 4.78 is 5.30. The zero-order valence-electron chi connectivity index (χ0n) is 25.7. The van der Waals surface area contributed by atoms with E-state index in [4.69, 9.17) is 4.74 Å². The summed E-state index contributed by atoms with van der Waals surface area (Å²) in [5.74, 6) is -1.42. The van der Waals surface area contributed by atoms with E-state index in [0.29, 0.717) is 21.8 Å². The van der Waals surface area contributed by atoms with Gasteiger partial charge in [-0.15, -0.1) is 23.1 Å². The Labute approximate surface area is 276 Å². The van der Waals surface area contributed by atoms with Gasteiger partial charge in [0.15, 0.2) is 0 Å². The lowest BCUT2D eigenvalue weighted by molar-refractivity contribution is -0.114. The first-order valence-electron chi connectivity index (χ1n) is 15.1. The Balaban J connectivity index is 1.26. The topological polar surface area (TPSA) is 114 Å². The largest absolute Gasteiger partial charge is 0.462 e. The number of carbonyl (C=O) groups excluding carboxylic acids is 4. The predicted molar refractivity (Wildman–Crippen MR) is 184 cm³/mol. The van der Waals surface area contributed by atoms with Crippen molar-refractivity contribution in [3.63, 3.8) is 0 Å². The fourth-order valence-corrected chi connectivity index (χ4v) is 7.07. The van der Waals surface area contributed by atoms with E-state index >= 15 is 0 Å². The van der Waals surface area contributed by atoms with E-state index in [9.17, 15) is 19.2 Å². The molecule has 0 unspecified atom stereocenters. The first-order valence-corrected chi connectivity index (χ1v) is 16.9. The van der Waals surface area contributed by atoms with Crippen molar-refractivity contribution in [3.8, 4) is 0 Å². The van der Waals surface area contributed by atoms with Gasteiger partial charge in [-0.25, -0.2) is 4.79 Å². The van der Waals surface area contributed by atoms with Crippen LogP contribution in [0.4, 0.5) is 10.7 Å². The molecule has 5 rings (SSSR count). The van der Waals surface area contributed by atoms with Crippen LogP contribution < -0.4 is 16.0 Å².